The van der Waals surface area contributed by atoms with E-state index in [1.54, 1.807) is 0 Å². The second kappa shape index (κ2) is 12.0. The molecule has 0 aliphatic heterocycles. The van der Waals surface area contributed by atoms with Gasteiger partial charge in [0.2, 0.25) is 5.91 Å². The SMILES string of the molecule is CC.CC(C)CCOCC(=O)NCC#Cc1cn(C(C)C)c2ncnc(N)c12. The number of anilines is 1. The van der Waals surface area contributed by atoms with Crippen LogP contribution in [0.3, 0.4) is 0 Å². The van der Waals surface area contributed by atoms with Gasteiger partial charge in [-0.3, -0.25) is 4.79 Å². The lowest BCUT2D eigenvalue weighted by molar-refractivity contribution is -0.125. The fourth-order valence-electron chi connectivity index (χ4n) is 2.41. The molecule has 0 atom stereocenters. The summed E-state index contributed by atoms with van der Waals surface area (Å²) in [7, 11) is 0. The molecular formula is C21H33N5O2. The van der Waals surface area contributed by atoms with Crippen LogP contribution in [0.15, 0.2) is 12.5 Å². The summed E-state index contributed by atoms with van der Waals surface area (Å²) in [5.41, 5.74) is 7.52. The summed E-state index contributed by atoms with van der Waals surface area (Å²) >= 11 is 0. The zero-order valence-electron chi connectivity index (χ0n) is 17.9. The average Bonchev–Trinajstić information content (AvgIpc) is 3.04. The quantitative estimate of drug-likeness (QED) is 0.562. The minimum atomic E-state index is -0.171. The molecule has 2 aromatic rings. The number of fused-ring (bicyclic) bond motifs is 1. The van der Waals surface area contributed by atoms with Gasteiger partial charge in [0.15, 0.2) is 0 Å². The first-order chi connectivity index (χ1) is 13.4. The van der Waals surface area contributed by atoms with Gasteiger partial charge in [0.25, 0.3) is 0 Å². The number of nitrogens with zero attached hydrogens (tertiary/aromatic N) is 3. The number of hydrogen-bond acceptors (Lipinski definition) is 5. The summed E-state index contributed by atoms with van der Waals surface area (Å²) in [5.74, 6) is 6.80. The zero-order chi connectivity index (χ0) is 21.1. The van der Waals surface area contributed by atoms with Crippen molar-refractivity contribution in [1.82, 2.24) is 19.9 Å². The topological polar surface area (TPSA) is 95.1 Å². The molecule has 0 aliphatic rings. The van der Waals surface area contributed by atoms with Crippen LogP contribution in [-0.4, -0.2) is 40.2 Å². The van der Waals surface area contributed by atoms with Crippen LogP contribution >= 0.6 is 0 Å². The van der Waals surface area contributed by atoms with Gasteiger partial charge in [0.1, 0.15) is 24.4 Å². The molecule has 3 N–H and O–H groups in total. The van der Waals surface area contributed by atoms with E-state index >= 15 is 0 Å². The van der Waals surface area contributed by atoms with Gasteiger partial charge in [-0.1, -0.05) is 39.5 Å². The Bertz CT molecular complexity index is 815. The van der Waals surface area contributed by atoms with Crippen LogP contribution in [0.4, 0.5) is 5.82 Å². The Kier molecular flexibility index (Phi) is 10.0. The van der Waals surface area contributed by atoms with Crippen LogP contribution in [0.2, 0.25) is 0 Å². The summed E-state index contributed by atoms with van der Waals surface area (Å²) < 4.78 is 7.34. The van der Waals surface area contributed by atoms with Crippen LogP contribution in [-0.2, 0) is 9.53 Å². The Morgan fingerprint density at radius 3 is 2.64 bits per heavy atom. The number of nitrogens with two attached hydrogens (primary N) is 1. The fraction of sp³-hybridized carbons (Fsp3) is 0.571. The van der Waals surface area contributed by atoms with Gasteiger partial charge in [0, 0.05) is 18.8 Å². The number of carbonyl (C=O) groups excluding carboxylic acids is 1. The highest BCUT2D eigenvalue weighted by Gasteiger charge is 2.13. The Morgan fingerprint density at radius 2 is 2.00 bits per heavy atom. The number of rotatable bonds is 7. The van der Waals surface area contributed by atoms with Gasteiger partial charge >= 0.3 is 0 Å². The molecule has 0 unspecified atom stereocenters. The van der Waals surface area contributed by atoms with Crippen LogP contribution in [0.5, 0.6) is 0 Å². The van der Waals surface area contributed by atoms with Gasteiger partial charge in [0.05, 0.1) is 17.5 Å². The van der Waals surface area contributed by atoms with Crippen molar-refractivity contribution in [1.29, 1.82) is 0 Å². The van der Waals surface area contributed by atoms with Crippen LogP contribution in [0.1, 0.15) is 59.6 Å². The molecule has 154 valence electrons. The van der Waals surface area contributed by atoms with Crippen molar-refractivity contribution in [3.8, 4) is 11.8 Å². The molecule has 2 aromatic heterocycles. The molecular weight excluding hydrogens is 354 g/mol. The number of ether oxygens (including phenoxy) is 1. The number of aromatic nitrogens is 3. The highest BCUT2D eigenvalue weighted by Crippen LogP contribution is 2.25. The summed E-state index contributed by atoms with van der Waals surface area (Å²) in [5, 5.41) is 3.47. The van der Waals surface area contributed by atoms with Crippen LogP contribution < -0.4 is 11.1 Å². The minimum Gasteiger partial charge on any atom is -0.383 e. The lowest BCUT2D eigenvalue weighted by Crippen LogP contribution is -2.28. The van der Waals surface area contributed by atoms with E-state index in [9.17, 15) is 4.79 Å². The van der Waals surface area contributed by atoms with E-state index in [1.165, 1.54) is 6.33 Å². The van der Waals surface area contributed by atoms with E-state index in [4.69, 9.17) is 10.5 Å². The van der Waals surface area contributed by atoms with Gasteiger partial charge in [-0.05, 0) is 26.2 Å². The third-order valence-corrected chi connectivity index (χ3v) is 3.86. The second-order valence-corrected chi connectivity index (χ2v) is 6.81. The van der Waals surface area contributed by atoms with E-state index in [2.05, 4.69) is 54.8 Å². The van der Waals surface area contributed by atoms with Crippen LogP contribution in [0, 0.1) is 17.8 Å². The molecule has 0 fully saturated rings. The maximum absolute atomic E-state index is 11.7. The number of nitrogens with one attached hydrogen (secondary N) is 1. The van der Waals surface area contributed by atoms with E-state index in [0.29, 0.717) is 18.3 Å². The summed E-state index contributed by atoms with van der Waals surface area (Å²) in [6.07, 6.45) is 4.31. The van der Waals surface area contributed by atoms with Crippen molar-refractivity contribution in [2.24, 2.45) is 5.92 Å². The molecule has 0 aliphatic carbocycles. The standard InChI is InChI=1S/C19H27N5O2.C2H6/c1-13(2)7-9-26-11-16(25)21-8-5-6-15-10-24(14(3)4)19-17(15)18(20)22-12-23-19;1-2/h10,12-14H,7-9,11H2,1-4H3,(H,21,25)(H2,20,22,23);1-2H3. The number of nitrogen functional groups attached to an aromatic ring is 1. The molecule has 0 bridgehead atoms. The maximum atomic E-state index is 11.7. The first kappa shape index (κ1) is 23.4. The normalized spacial score (nSPS) is 10.4. The molecule has 7 nitrogen and oxygen atoms in total. The van der Waals surface area contributed by atoms with Crippen molar-refractivity contribution < 1.29 is 9.53 Å². The lowest BCUT2D eigenvalue weighted by atomic mass is 10.1. The van der Waals surface area contributed by atoms with E-state index in [1.807, 2.05) is 24.6 Å². The number of hydrogen-bond donors (Lipinski definition) is 2. The van der Waals surface area contributed by atoms with Gasteiger partial charge in [-0.25, -0.2) is 9.97 Å². The van der Waals surface area contributed by atoms with Crippen molar-refractivity contribution in [3.05, 3.63) is 18.1 Å². The van der Waals surface area contributed by atoms with E-state index in [-0.39, 0.29) is 25.1 Å². The second-order valence-electron chi connectivity index (χ2n) is 6.81. The molecule has 0 aromatic carbocycles. The molecule has 0 saturated carbocycles. The van der Waals surface area contributed by atoms with Crippen molar-refractivity contribution in [2.75, 3.05) is 25.5 Å². The average molecular weight is 388 g/mol. The van der Waals surface area contributed by atoms with Crippen molar-refractivity contribution in [3.63, 3.8) is 0 Å². The first-order valence-electron chi connectivity index (χ1n) is 9.84. The van der Waals surface area contributed by atoms with Gasteiger partial charge in [-0.2, -0.15) is 0 Å². The summed E-state index contributed by atoms with van der Waals surface area (Å²) in [4.78, 5) is 20.1. The van der Waals surface area contributed by atoms with Gasteiger partial charge < -0.3 is 20.4 Å². The van der Waals surface area contributed by atoms with E-state index in [0.717, 1.165) is 23.0 Å². The highest BCUT2D eigenvalue weighted by molar-refractivity contribution is 5.92. The molecule has 0 spiro atoms. The fourth-order valence-corrected chi connectivity index (χ4v) is 2.41. The number of amides is 1. The lowest BCUT2D eigenvalue weighted by Gasteiger charge is -2.07. The molecule has 0 saturated heterocycles. The Morgan fingerprint density at radius 1 is 1.29 bits per heavy atom. The maximum Gasteiger partial charge on any atom is 0.246 e. The molecule has 7 heteroatoms. The molecule has 2 heterocycles. The van der Waals surface area contributed by atoms with Gasteiger partial charge in [-0.15, -0.1) is 0 Å². The largest absolute Gasteiger partial charge is 0.383 e. The number of carbonyl (C=O) groups is 1. The minimum absolute atomic E-state index is 0.0574. The monoisotopic (exact) mass is 387 g/mol. The Balaban J connectivity index is 0.00000190. The van der Waals surface area contributed by atoms with Crippen LogP contribution in [0.25, 0.3) is 11.0 Å². The molecule has 28 heavy (non-hydrogen) atoms. The predicted molar refractivity (Wildman–Crippen MR) is 114 cm³/mol. The predicted octanol–water partition coefficient (Wildman–Crippen LogP) is 3.15. The smallest absolute Gasteiger partial charge is 0.246 e. The molecule has 1 amide bonds. The Labute approximate surface area is 168 Å². The van der Waals surface area contributed by atoms with Crippen molar-refractivity contribution >= 4 is 22.8 Å². The van der Waals surface area contributed by atoms with E-state index < -0.39 is 0 Å². The molecule has 0 radical (unpaired) electrons. The molecule has 2 rings (SSSR count). The third-order valence-electron chi connectivity index (χ3n) is 3.86. The summed E-state index contributed by atoms with van der Waals surface area (Å²) in [6.45, 7) is 13.3. The first-order valence-corrected chi connectivity index (χ1v) is 9.84. The highest BCUT2D eigenvalue weighted by atomic mass is 16.5. The summed E-state index contributed by atoms with van der Waals surface area (Å²) in [6, 6.07) is 0.227. The Hall–Kier alpha value is -2.59. The third kappa shape index (κ3) is 6.86. The zero-order valence-corrected chi connectivity index (χ0v) is 17.9. The van der Waals surface area contributed by atoms with Crippen molar-refractivity contribution in [2.45, 2.75) is 54.0 Å².